The van der Waals surface area contributed by atoms with E-state index in [0.717, 1.165) is 35.4 Å². The van der Waals surface area contributed by atoms with Crippen LogP contribution in [0, 0.1) is 0 Å². The fourth-order valence-corrected chi connectivity index (χ4v) is 4.72. The molecule has 8 nitrogen and oxygen atoms in total. The molecule has 176 valence electrons. The number of aromatic nitrogens is 2. The van der Waals surface area contributed by atoms with Crippen LogP contribution in [0.15, 0.2) is 48.8 Å². The lowest BCUT2D eigenvalue weighted by Crippen LogP contribution is -2.59. The number of anilines is 1. The summed E-state index contributed by atoms with van der Waals surface area (Å²) in [5.74, 6) is -0.522. The van der Waals surface area contributed by atoms with Crippen LogP contribution in [-0.4, -0.2) is 68.0 Å². The monoisotopic (exact) mass is 451 g/mol. The third kappa shape index (κ3) is 5.19. The Hall–Kier alpha value is -2.94. The van der Waals surface area contributed by atoms with Gasteiger partial charge >= 0.3 is 0 Å². The molecule has 0 aliphatic carbocycles. The van der Waals surface area contributed by atoms with Crippen molar-refractivity contribution in [3.05, 3.63) is 59.9 Å². The molecule has 33 heavy (non-hydrogen) atoms. The summed E-state index contributed by atoms with van der Waals surface area (Å²) < 4.78 is 2.09. The standard InChI is InChI=1S/C25H33N5O3/c1-17-13-29(14-18(2)30(17)16-25(3,4)32)22-11-21-9-10-28(23(21)26-12-22)15-19-5-7-20(8-6-19)24(31)27-33/h5-12,17-18,32-33H,13-16H2,1-4H3,(H,27,31)/t17-,18+. The number of amides is 1. The van der Waals surface area contributed by atoms with Gasteiger partial charge in [0.2, 0.25) is 0 Å². The second kappa shape index (κ2) is 9.13. The number of hydroxylamine groups is 1. The minimum atomic E-state index is -0.709. The van der Waals surface area contributed by atoms with Crippen molar-refractivity contribution in [2.75, 3.05) is 24.5 Å². The van der Waals surface area contributed by atoms with Crippen LogP contribution in [0.3, 0.4) is 0 Å². The summed E-state index contributed by atoms with van der Waals surface area (Å²) in [6.07, 6.45) is 3.97. The van der Waals surface area contributed by atoms with Crippen LogP contribution in [-0.2, 0) is 6.54 Å². The van der Waals surface area contributed by atoms with Crippen molar-refractivity contribution in [2.24, 2.45) is 0 Å². The van der Waals surface area contributed by atoms with E-state index in [1.54, 1.807) is 17.6 Å². The minimum Gasteiger partial charge on any atom is -0.389 e. The third-order valence-corrected chi connectivity index (χ3v) is 6.29. The Bertz CT molecular complexity index is 1110. The van der Waals surface area contributed by atoms with Gasteiger partial charge in [0.25, 0.3) is 5.91 Å². The molecule has 1 saturated heterocycles. The maximum absolute atomic E-state index is 11.5. The first-order valence-corrected chi connectivity index (χ1v) is 11.4. The molecule has 3 heterocycles. The van der Waals surface area contributed by atoms with Crippen LogP contribution < -0.4 is 10.4 Å². The van der Waals surface area contributed by atoms with Crippen molar-refractivity contribution in [1.82, 2.24) is 19.9 Å². The molecule has 0 spiro atoms. The molecule has 0 unspecified atom stereocenters. The number of carbonyl (C=O) groups is 1. The fourth-order valence-electron chi connectivity index (χ4n) is 4.72. The molecule has 0 radical (unpaired) electrons. The molecular weight excluding hydrogens is 418 g/mol. The van der Waals surface area contributed by atoms with E-state index in [-0.39, 0.29) is 0 Å². The van der Waals surface area contributed by atoms with Gasteiger partial charge in [0.1, 0.15) is 5.65 Å². The zero-order chi connectivity index (χ0) is 23.8. The lowest BCUT2D eigenvalue weighted by molar-refractivity contribution is 0.00247. The zero-order valence-electron chi connectivity index (χ0n) is 19.7. The Morgan fingerprint density at radius 3 is 2.42 bits per heavy atom. The van der Waals surface area contributed by atoms with Crippen molar-refractivity contribution in [1.29, 1.82) is 0 Å². The second-order valence-corrected chi connectivity index (χ2v) is 9.78. The number of piperazine rings is 1. The normalized spacial score (nSPS) is 19.8. The van der Waals surface area contributed by atoms with E-state index in [1.165, 1.54) is 0 Å². The summed E-state index contributed by atoms with van der Waals surface area (Å²) in [7, 11) is 0. The summed E-state index contributed by atoms with van der Waals surface area (Å²) >= 11 is 0. The molecule has 1 aliphatic rings. The summed E-state index contributed by atoms with van der Waals surface area (Å²) in [5.41, 5.74) is 4.42. The number of aliphatic hydroxyl groups is 1. The van der Waals surface area contributed by atoms with E-state index in [1.807, 2.05) is 38.4 Å². The van der Waals surface area contributed by atoms with Crippen molar-refractivity contribution >= 4 is 22.6 Å². The lowest BCUT2D eigenvalue weighted by atomic mass is 10.0. The predicted molar refractivity (Wildman–Crippen MR) is 129 cm³/mol. The predicted octanol–water partition coefficient (Wildman–Crippen LogP) is 2.87. The van der Waals surface area contributed by atoms with Crippen LogP contribution in [0.4, 0.5) is 5.69 Å². The summed E-state index contributed by atoms with van der Waals surface area (Å²) in [6, 6.07) is 12.1. The molecular formula is C25H33N5O3. The van der Waals surface area contributed by atoms with Gasteiger partial charge in [-0.1, -0.05) is 12.1 Å². The van der Waals surface area contributed by atoms with Crippen LogP contribution in [0.2, 0.25) is 0 Å². The lowest BCUT2D eigenvalue weighted by Gasteiger charge is -2.47. The van der Waals surface area contributed by atoms with Gasteiger partial charge in [-0.05, 0) is 57.5 Å². The van der Waals surface area contributed by atoms with Gasteiger partial charge in [-0.25, -0.2) is 10.5 Å². The quantitative estimate of drug-likeness (QED) is 0.394. The molecule has 1 aromatic carbocycles. The van der Waals surface area contributed by atoms with E-state index in [4.69, 9.17) is 10.2 Å². The maximum Gasteiger partial charge on any atom is 0.274 e. The van der Waals surface area contributed by atoms with E-state index in [2.05, 4.69) is 40.3 Å². The summed E-state index contributed by atoms with van der Waals surface area (Å²) in [4.78, 5) is 21.0. The molecule has 1 amide bonds. The van der Waals surface area contributed by atoms with Crippen molar-refractivity contribution in [3.63, 3.8) is 0 Å². The minimum absolute atomic E-state index is 0.330. The largest absolute Gasteiger partial charge is 0.389 e. The van der Waals surface area contributed by atoms with Crippen molar-refractivity contribution < 1.29 is 15.1 Å². The first kappa shape index (κ1) is 23.2. The molecule has 2 aromatic heterocycles. The Labute approximate surface area is 194 Å². The van der Waals surface area contributed by atoms with Crippen LogP contribution in [0.25, 0.3) is 11.0 Å². The van der Waals surface area contributed by atoms with Gasteiger partial charge in [0.15, 0.2) is 0 Å². The number of benzene rings is 1. The Morgan fingerprint density at radius 1 is 1.15 bits per heavy atom. The highest BCUT2D eigenvalue weighted by molar-refractivity contribution is 5.93. The van der Waals surface area contributed by atoms with Crippen molar-refractivity contribution in [2.45, 2.75) is 51.9 Å². The maximum atomic E-state index is 11.5. The SMILES string of the molecule is C[C@@H]1CN(c2cnc3c(ccn3Cc3ccc(C(=O)NO)cc3)c2)C[C@H](C)N1CC(C)(C)O. The van der Waals surface area contributed by atoms with E-state index in [9.17, 15) is 9.90 Å². The van der Waals surface area contributed by atoms with Gasteiger partial charge in [-0.2, -0.15) is 0 Å². The van der Waals surface area contributed by atoms with E-state index >= 15 is 0 Å². The zero-order valence-corrected chi connectivity index (χ0v) is 19.7. The highest BCUT2D eigenvalue weighted by atomic mass is 16.5. The molecule has 8 heteroatoms. The number of pyridine rings is 1. The number of fused-ring (bicyclic) bond motifs is 1. The van der Waals surface area contributed by atoms with Crippen LogP contribution >= 0.6 is 0 Å². The van der Waals surface area contributed by atoms with Crippen LogP contribution in [0.5, 0.6) is 0 Å². The van der Waals surface area contributed by atoms with E-state index < -0.39 is 11.5 Å². The smallest absolute Gasteiger partial charge is 0.274 e. The molecule has 0 bridgehead atoms. The number of β-amino-alcohol motifs (C(OH)–C–C–N with tert-alkyl or cyclic N) is 1. The number of hydrogen-bond acceptors (Lipinski definition) is 6. The highest BCUT2D eigenvalue weighted by Crippen LogP contribution is 2.26. The van der Waals surface area contributed by atoms with Gasteiger partial charge in [0.05, 0.1) is 17.5 Å². The number of nitrogens with zero attached hydrogens (tertiary/aromatic N) is 4. The number of hydrogen-bond donors (Lipinski definition) is 3. The number of carbonyl (C=O) groups excluding carboxylic acids is 1. The summed E-state index contributed by atoms with van der Waals surface area (Å²) in [6.45, 7) is 11.2. The van der Waals surface area contributed by atoms with E-state index in [0.29, 0.717) is 30.7 Å². The fraction of sp³-hybridized carbons (Fsp3) is 0.440. The first-order chi connectivity index (χ1) is 15.6. The first-order valence-electron chi connectivity index (χ1n) is 11.4. The number of rotatable bonds is 6. The van der Waals surface area contributed by atoms with Gasteiger partial charge in [-0.3, -0.25) is 14.9 Å². The number of nitrogens with one attached hydrogen (secondary N) is 1. The third-order valence-electron chi connectivity index (χ3n) is 6.29. The molecule has 1 aliphatic heterocycles. The van der Waals surface area contributed by atoms with Crippen molar-refractivity contribution in [3.8, 4) is 0 Å². The van der Waals surface area contributed by atoms with Crippen LogP contribution in [0.1, 0.15) is 43.6 Å². The Kier molecular flexibility index (Phi) is 6.43. The van der Waals surface area contributed by atoms with Gasteiger partial charge in [0, 0.05) is 55.4 Å². The average molecular weight is 452 g/mol. The summed E-state index contributed by atoms with van der Waals surface area (Å²) in [5, 5.41) is 20.1. The topological polar surface area (TPSA) is 93.9 Å². The average Bonchev–Trinajstić information content (AvgIpc) is 3.17. The molecule has 4 rings (SSSR count). The molecule has 0 saturated carbocycles. The molecule has 3 N–H and O–H groups in total. The van der Waals surface area contributed by atoms with Gasteiger partial charge < -0.3 is 14.6 Å². The molecule has 2 atom stereocenters. The Morgan fingerprint density at radius 2 is 1.82 bits per heavy atom. The molecule has 3 aromatic rings. The van der Waals surface area contributed by atoms with Gasteiger partial charge in [-0.15, -0.1) is 0 Å². The molecule has 1 fully saturated rings. The highest BCUT2D eigenvalue weighted by Gasteiger charge is 2.32. The Balaban J connectivity index is 1.48. The second-order valence-electron chi connectivity index (χ2n) is 9.78.